The molecule has 2 heterocycles. The summed E-state index contributed by atoms with van der Waals surface area (Å²) in [5.41, 5.74) is -3.00. The summed E-state index contributed by atoms with van der Waals surface area (Å²) in [5, 5.41) is 9.23. The molecular formula is C11H16F3N3O3S. The van der Waals surface area contributed by atoms with Crippen LogP contribution in [0.2, 0.25) is 0 Å². The van der Waals surface area contributed by atoms with E-state index < -0.39 is 41.3 Å². The molecule has 1 fully saturated rings. The van der Waals surface area contributed by atoms with Crippen molar-refractivity contribution in [2.24, 2.45) is 0 Å². The Morgan fingerprint density at radius 2 is 2.05 bits per heavy atom. The van der Waals surface area contributed by atoms with Gasteiger partial charge in [0, 0.05) is 25.2 Å². The summed E-state index contributed by atoms with van der Waals surface area (Å²) in [6.45, 7) is 2.23. The summed E-state index contributed by atoms with van der Waals surface area (Å²) in [6.07, 6.45) is -2.97. The van der Waals surface area contributed by atoms with Gasteiger partial charge in [-0.25, -0.2) is 13.4 Å². The van der Waals surface area contributed by atoms with E-state index in [1.807, 2.05) is 13.8 Å². The third-order valence-electron chi connectivity index (χ3n) is 3.52. The fourth-order valence-electron chi connectivity index (χ4n) is 2.06. The Kier molecular flexibility index (Phi) is 3.83. The van der Waals surface area contributed by atoms with E-state index in [1.165, 1.54) is 12.5 Å². The number of aromatic nitrogens is 2. The van der Waals surface area contributed by atoms with Crippen LogP contribution < -0.4 is 0 Å². The zero-order valence-electron chi connectivity index (χ0n) is 11.5. The molecule has 0 amide bonds. The van der Waals surface area contributed by atoms with Crippen molar-refractivity contribution in [1.29, 1.82) is 0 Å². The number of nitrogens with zero attached hydrogens (tertiary/aromatic N) is 3. The second-order valence-electron chi connectivity index (χ2n) is 5.37. The fraction of sp³-hybridized carbons (Fsp3) is 0.727. The minimum atomic E-state index is -4.87. The molecule has 2 rings (SSSR count). The van der Waals surface area contributed by atoms with E-state index in [0.717, 1.165) is 0 Å². The Bertz CT molecular complexity index is 626. The zero-order valence-corrected chi connectivity index (χ0v) is 12.3. The first kappa shape index (κ1) is 16.2. The van der Waals surface area contributed by atoms with E-state index >= 15 is 0 Å². The maximum absolute atomic E-state index is 12.7. The zero-order chi connectivity index (χ0) is 16.1. The monoisotopic (exact) mass is 327 g/mol. The summed E-state index contributed by atoms with van der Waals surface area (Å²) in [5.74, 6) is 0. The molecule has 0 aliphatic carbocycles. The number of β-amino-alcohol motifs (C(OH)–C–C–N with tert-alkyl or cyclic N) is 1. The van der Waals surface area contributed by atoms with Gasteiger partial charge in [0.2, 0.25) is 0 Å². The van der Waals surface area contributed by atoms with Gasteiger partial charge in [0.25, 0.3) is 10.0 Å². The third-order valence-corrected chi connectivity index (χ3v) is 5.25. The first-order valence-electron chi connectivity index (χ1n) is 6.30. The largest absolute Gasteiger partial charge is 0.418 e. The molecule has 6 nitrogen and oxygen atoms in total. The smallest absolute Gasteiger partial charge is 0.379 e. The van der Waals surface area contributed by atoms with Crippen LogP contribution in [0.25, 0.3) is 0 Å². The van der Waals surface area contributed by atoms with Gasteiger partial charge in [-0.2, -0.15) is 17.5 Å². The van der Waals surface area contributed by atoms with Gasteiger partial charge in [-0.15, -0.1) is 0 Å². The first-order chi connectivity index (χ1) is 9.47. The topological polar surface area (TPSA) is 75.4 Å². The predicted molar refractivity (Wildman–Crippen MR) is 67.0 cm³/mol. The normalized spacial score (nSPS) is 24.9. The van der Waals surface area contributed by atoms with Crippen LogP contribution in [0.1, 0.15) is 26.3 Å². The molecule has 0 radical (unpaired) electrons. The number of hydrogen-bond donors (Lipinski definition) is 1. The Morgan fingerprint density at radius 3 is 2.48 bits per heavy atom. The average molecular weight is 327 g/mol. The Balaban J connectivity index is 2.26. The third kappa shape index (κ3) is 2.79. The number of sulfonamides is 1. The lowest BCUT2D eigenvalue weighted by molar-refractivity contribution is -0.252. The summed E-state index contributed by atoms with van der Waals surface area (Å²) in [4.78, 5) is 3.73. The standard InChI is InChI=1S/C11H16F3N3O3S/c1-8(2)16-5-9(15-7-16)21(19,20)17-4-3-10(18,6-17)11(12,13)14/h5,7-8,18H,3-4,6H2,1-2H3/t10-/m0/s1. The van der Waals surface area contributed by atoms with Crippen LogP contribution in [-0.4, -0.2) is 52.2 Å². The highest BCUT2D eigenvalue weighted by Crippen LogP contribution is 2.39. The molecule has 1 aliphatic rings. The molecule has 0 saturated carbocycles. The van der Waals surface area contributed by atoms with Crippen molar-refractivity contribution in [3.63, 3.8) is 0 Å². The first-order valence-corrected chi connectivity index (χ1v) is 7.74. The molecule has 10 heteroatoms. The molecule has 0 bridgehead atoms. The summed E-state index contributed by atoms with van der Waals surface area (Å²) >= 11 is 0. The van der Waals surface area contributed by atoms with E-state index in [1.54, 1.807) is 4.57 Å². The molecule has 0 unspecified atom stereocenters. The van der Waals surface area contributed by atoms with Gasteiger partial charge in [-0.3, -0.25) is 0 Å². The minimum Gasteiger partial charge on any atom is -0.379 e. The second-order valence-corrected chi connectivity index (χ2v) is 7.26. The number of alkyl halides is 3. The molecule has 1 saturated heterocycles. The van der Waals surface area contributed by atoms with E-state index in [4.69, 9.17) is 0 Å². The van der Waals surface area contributed by atoms with Crippen molar-refractivity contribution >= 4 is 10.0 Å². The van der Waals surface area contributed by atoms with Crippen LogP contribution in [0.15, 0.2) is 17.6 Å². The lowest BCUT2D eigenvalue weighted by atomic mass is 10.0. The Morgan fingerprint density at radius 1 is 1.43 bits per heavy atom. The lowest BCUT2D eigenvalue weighted by Crippen LogP contribution is -2.48. The van der Waals surface area contributed by atoms with Crippen molar-refractivity contribution < 1.29 is 26.7 Å². The number of imidazole rings is 1. The van der Waals surface area contributed by atoms with Gasteiger partial charge >= 0.3 is 6.18 Å². The molecule has 21 heavy (non-hydrogen) atoms. The van der Waals surface area contributed by atoms with Gasteiger partial charge < -0.3 is 9.67 Å². The van der Waals surface area contributed by atoms with Gasteiger partial charge in [0.05, 0.1) is 12.9 Å². The van der Waals surface area contributed by atoms with Gasteiger partial charge in [-0.1, -0.05) is 0 Å². The molecule has 0 spiro atoms. The number of halogens is 3. The second kappa shape index (κ2) is 4.96. The van der Waals surface area contributed by atoms with Gasteiger partial charge in [-0.05, 0) is 13.8 Å². The number of rotatable bonds is 3. The molecule has 1 aromatic rings. The van der Waals surface area contributed by atoms with E-state index in [9.17, 15) is 26.7 Å². The van der Waals surface area contributed by atoms with Crippen LogP contribution in [0, 0.1) is 0 Å². The van der Waals surface area contributed by atoms with Crippen LogP contribution in [0.5, 0.6) is 0 Å². The molecule has 1 atom stereocenters. The number of aliphatic hydroxyl groups is 1. The molecule has 1 aromatic heterocycles. The average Bonchev–Trinajstić information content (AvgIpc) is 2.94. The van der Waals surface area contributed by atoms with E-state index in [0.29, 0.717) is 4.31 Å². The SMILES string of the molecule is CC(C)n1cnc(S(=O)(=O)N2CC[C@@](O)(C(F)(F)F)C2)c1. The van der Waals surface area contributed by atoms with Crippen molar-refractivity contribution in [3.8, 4) is 0 Å². The molecule has 1 aliphatic heterocycles. The highest BCUT2D eigenvalue weighted by atomic mass is 32.2. The summed E-state index contributed by atoms with van der Waals surface area (Å²) in [7, 11) is -4.14. The van der Waals surface area contributed by atoms with E-state index in [-0.39, 0.29) is 11.1 Å². The van der Waals surface area contributed by atoms with Crippen molar-refractivity contribution in [2.45, 2.75) is 43.1 Å². The molecule has 0 aromatic carbocycles. The highest BCUT2D eigenvalue weighted by molar-refractivity contribution is 7.89. The van der Waals surface area contributed by atoms with Crippen LogP contribution >= 0.6 is 0 Å². The van der Waals surface area contributed by atoms with Gasteiger partial charge in [0.15, 0.2) is 10.6 Å². The number of hydrogen-bond acceptors (Lipinski definition) is 4. The highest BCUT2D eigenvalue weighted by Gasteiger charge is 2.59. The predicted octanol–water partition coefficient (Wildman–Crippen LogP) is 1.15. The van der Waals surface area contributed by atoms with Crippen LogP contribution in [-0.2, 0) is 10.0 Å². The summed E-state index contributed by atoms with van der Waals surface area (Å²) < 4.78 is 64.9. The molecule has 1 N–H and O–H groups in total. The lowest BCUT2D eigenvalue weighted by Gasteiger charge is -2.25. The van der Waals surface area contributed by atoms with E-state index in [2.05, 4.69) is 4.98 Å². The molecule has 120 valence electrons. The van der Waals surface area contributed by atoms with Crippen molar-refractivity contribution in [1.82, 2.24) is 13.9 Å². The van der Waals surface area contributed by atoms with Crippen molar-refractivity contribution in [3.05, 3.63) is 12.5 Å². The quantitative estimate of drug-likeness (QED) is 0.904. The summed E-state index contributed by atoms with van der Waals surface area (Å²) in [6, 6.07) is -0.0212. The van der Waals surface area contributed by atoms with Crippen LogP contribution in [0.3, 0.4) is 0 Å². The Labute approximate surface area is 120 Å². The van der Waals surface area contributed by atoms with Gasteiger partial charge in [0.1, 0.15) is 0 Å². The molecular weight excluding hydrogens is 311 g/mol. The maximum atomic E-state index is 12.7. The maximum Gasteiger partial charge on any atom is 0.418 e. The fourth-order valence-corrected chi connectivity index (χ4v) is 3.48. The van der Waals surface area contributed by atoms with Crippen LogP contribution in [0.4, 0.5) is 13.2 Å². The minimum absolute atomic E-state index is 0.0212. The Hall–Kier alpha value is -1.13. The van der Waals surface area contributed by atoms with Crippen molar-refractivity contribution in [2.75, 3.05) is 13.1 Å².